The summed E-state index contributed by atoms with van der Waals surface area (Å²) in [6.07, 6.45) is 0.905. The van der Waals surface area contributed by atoms with Crippen molar-refractivity contribution < 1.29 is 10.2 Å². The van der Waals surface area contributed by atoms with Crippen molar-refractivity contribution in [2.45, 2.75) is 20.0 Å². The summed E-state index contributed by atoms with van der Waals surface area (Å²) in [7, 11) is 0. The molecule has 2 nitrogen and oxygen atoms in total. The van der Waals surface area contributed by atoms with Gasteiger partial charge in [0.25, 0.3) is 0 Å². The van der Waals surface area contributed by atoms with Crippen molar-refractivity contribution in [2.75, 3.05) is 0 Å². The van der Waals surface area contributed by atoms with E-state index in [2.05, 4.69) is 6.92 Å². The Hall–Kier alpha value is -1.06. The molecule has 74 valence electrons. The number of rotatable bonds is 2. The van der Waals surface area contributed by atoms with E-state index in [9.17, 15) is 5.11 Å². The molecule has 0 atom stereocenters. The van der Waals surface area contributed by atoms with E-state index in [1.165, 1.54) is 11.3 Å². The Balaban J connectivity index is 2.68. The molecule has 0 aliphatic carbocycles. The lowest BCUT2D eigenvalue weighted by Gasteiger charge is -2.04. The van der Waals surface area contributed by atoms with Crippen molar-refractivity contribution in [3.63, 3.8) is 0 Å². The molecule has 2 aromatic rings. The van der Waals surface area contributed by atoms with E-state index in [0.717, 1.165) is 27.6 Å². The molecule has 1 aromatic carbocycles. The number of thiophene rings is 1. The Kier molecular flexibility index (Phi) is 2.44. The minimum atomic E-state index is 0.0672. The Morgan fingerprint density at radius 1 is 1.21 bits per heavy atom. The normalized spacial score (nSPS) is 11.0. The summed E-state index contributed by atoms with van der Waals surface area (Å²) in [6, 6.07) is 5.76. The molecule has 0 saturated heterocycles. The quantitative estimate of drug-likeness (QED) is 0.796. The van der Waals surface area contributed by atoms with Crippen molar-refractivity contribution in [3.05, 3.63) is 29.3 Å². The van der Waals surface area contributed by atoms with Gasteiger partial charge in [0.05, 0.1) is 6.61 Å². The third-order valence-electron chi connectivity index (χ3n) is 2.38. The number of aliphatic hydroxyl groups is 1. The molecule has 0 spiro atoms. The lowest BCUT2D eigenvalue weighted by Crippen LogP contribution is -1.91. The molecule has 0 fully saturated rings. The van der Waals surface area contributed by atoms with Crippen molar-refractivity contribution >= 4 is 21.4 Å². The van der Waals surface area contributed by atoms with E-state index in [0.29, 0.717) is 5.06 Å². The fourth-order valence-corrected chi connectivity index (χ4v) is 2.49. The summed E-state index contributed by atoms with van der Waals surface area (Å²) in [5.41, 5.74) is 2.11. The predicted molar refractivity (Wildman–Crippen MR) is 58.8 cm³/mol. The summed E-state index contributed by atoms with van der Waals surface area (Å²) in [4.78, 5) is 0. The van der Waals surface area contributed by atoms with Crippen LogP contribution < -0.4 is 0 Å². The maximum absolute atomic E-state index is 9.34. The maximum Gasteiger partial charge on any atom is 0.172 e. The first-order chi connectivity index (χ1) is 6.74. The first-order valence-corrected chi connectivity index (χ1v) is 5.41. The van der Waals surface area contributed by atoms with Crippen LogP contribution in [0.4, 0.5) is 0 Å². The molecule has 14 heavy (non-hydrogen) atoms. The summed E-state index contributed by atoms with van der Waals surface area (Å²) in [6.45, 7) is 2.13. The van der Waals surface area contributed by atoms with Gasteiger partial charge < -0.3 is 10.2 Å². The number of aliphatic hydroxyl groups excluding tert-OH is 1. The van der Waals surface area contributed by atoms with Gasteiger partial charge in [-0.2, -0.15) is 0 Å². The second-order valence-corrected chi connectivity index (χ2v) is 4.32. The molecule has 3 heteroatoms. The highest BCUT2D eigenvalue weighted by Crippen LogP contribution is 2.32. The van der Waals surface area contributed by atoms with Crippen LogP contribution >= 0.6 is 11.3 Å². The van der Waals surface area contributed by atoms with Crippen LogP contribution in [-0.4, -0.2) is 10.2 Å². The number of aryl methyl sites for hydroxylation is 1. The van der Waals surface area contributed by atoms with Crippen LogP contribution in [0.15, 0.2) is 18.2 Å². The maximum atomic E-state index is 9.34. The van der Waals surface area contributed by atoms with Gasteiger partial charge in [0.2, 0.25) is 0 Å². The van der Waals surface area contributed by atoms with Crippen molar-refractivity contribution in [2.24, 2.45) is 0 Å². The van der Waals surface area contributed by atoms with Gasteiger partial charge in [-0.05, 0) is 41.1 Å². The van der Waals surface area contributed by atoms with Gasteiger partial charge in [0.15, 0.2) is 5.06 Å². The Morgan fingerprint density at radius 3 is 2.64 bits per heavy atom. The smallest absolute Gasteiger partial charge is 0.172 e. The summed E-state index contributed by atoms with van der Waals surface area (Å²) in [5, 5.41) is 19.9. The molecule has 0 bridgehead atoms. The highest BCUT2D eigenvalue weighted by atomic mass is 32.1. The number of hydrogen-bond acceptors (Lipinski definition) is 3. The third-order valence-corrected chi connectivity index (χ3v) is 3.28. The topological polar surface area (TPSA) is 40.5 Å². The minimum Gasteiger partial charge on any atom is -0.499 e. The largest absolute Gasteiger partial charge is 0.499 e. The Morgan fingerprint density at radius 2 is 2.00 bits per heavy atom. The van der Waals surface area contributed by atoms with E-state index in [4.69, 9.17) is 5.11 Å². The summed E-state index contributed by atoms with van der Waals surface area (Å²) < 4.78 is 1.03. The highest BCUT2D eigenvalue weighted by Gasteiger charge is 2.05. The van der Waals surface area contributed by atoms with Gasteiger partial charge in [0.1, 0.15) is 0 Å². The first-order valence-electron chi connectivity index (χ1n) is 4.59. The first kappa shape index (κ1) is 9.49. The second-order valence-electron chi connectivity index (χ2n) is 3.26. The molecule has 0 saturated carbocycles. The van der Waals surface area contributed by atoms with Gasteiger partial charge in [0, 0.05) is 4.70 Å². The molecule has 2 N–H and O–H groups in total. The number of benzene rings is 1. The zero-order chi connectivity index (χ0) is 10.1. The van der Waals surface area contributed by atoms with Crippen molar-refractivity contribution in [3.8, 4) is 5.06 Å². The average molecular weight is 208 g/mol. The zero-order valence-corrected chi connectivity index (χ0v) is 8.77. The molecular weight excluding hydrogens is 196 g/mol. The number of hydrogen-bond donors (Lipinski definition) is 2. The van der Waals surface area contributed by atoms with E-state index in [1.54, 1.807) is 6.07 Å². The van der Waals surface area contributed by atoms with Crippen LogP contribution in [0, 0.1) is 0 Å². The molecule has 0 aliphatic heterocycles. The van der Waals surface area contributed by atoms with Crippen LogP contribution in [-0.2, 0) is 13.0 Å². The van der Waals surface area contributed by atoms with Gasteiger partial charge >= 0.3 is 0 Å². The van der Waals surface area contributed by atoms with Crippen molar-refractivity contribution in [1.82, 2.24) is 0 Å². The lowest BCUT2D eigenvalue weighted by atomic mass is 10.0. The van der Waals surface area contributed by atoms with Gasteiger partial charge in [-0.25, -0.2) is 0 Å². The van der Waals surface area contributed by atoms with Gasteiger partial charge in [-0.15, -0.1) is 0 Å². The fraction of sp³-hybridized carbons (Fsp3) is 0.273. The SMILES string of the molecule is CCc1cc2cc(O)sc2cc1CO. The Labute approximate surface area is 86.4 Å². The molecule has 0 amide bonds. The van der Waals surface area contributed by atoms with Crippen molar-refractivity contribution in [1.29, 1.82) is 0 Å². The standard InChI is InChI=1S/C11H12O2S/c1-2-7-3-8-5-11(13)14-10(8)4-9(7)6-12/h3-5,12-13H,2,6H2,1H3. The Bertz CT molecular complexity index is 419. The molecule has 2 rings (SSSR count). The fourth-order valence-electron chi connectivity index (χ4n) is 1.64. The van der Waals surface area contributed by atoms with E-state index in [1.807, 2.05) is 12.1 Å². The van der Waals surface area contributed by atoms with Crippen LogP contribution in [0.25, 0.3) is 10.1 Å². The van der Waals surface area contributed by atoms with E-state index in [-0.39, 0.29) is 6.61 Å². The molecule has 0 radical (unpaired) electrons. The van der Waals surface area contributed by atoms with Gasteiger partial charge in [-0.1, -0.05) is 18.3 Å². The van der Waals surface area contributed by atoms with E-state index >= 15 is 0 Å². The predicted octanol–water partition coefficient (Wildman–Crippen LogP) is 2.66. The summed E-state index contributed by atoms with van der Waals surface area (Å²) in [5.74, 6) is 0. The third kappa shape index (κ3) is 1.49. The number of fused-ring (bicyclic) bond motifs is 1. The van der Waals surface area contributed by atoms with Crippen LogP contribution in [0.2, 0.25) is 0 Å². The minimum absolute atomic E-state index is 0.0672. The van der Waals surface area contributed by atoms with Crippen LogP contribution in [0.3, 0.4) is 0 Å². The molecule has 0 unspecified atom stereocenters. The summed E-state index contributed by atoms with van der Waals surface area (Å²) >= 11 is 1.35. The lowest BCUT2D eigenvalue weighted by molar-refractivity contribution is 0.281. The molecule has 1 aromatic heterocycles. The van der Waals surface area contributed by atoms with Crippen LogP contribution in [0.1, 0.15) is 18.1 Å². The van der Waals surface area contributed by atoms with E-state index < -0.39 is 0 Å². The average Bonchev–Trinajstić information content (AvgIpc) is 2.54. The zero-order valence-electron chi connectivity index (χ0n) is 7.95. The monoisotopic (exact) mass is 208 g/mol. The number of aromatic hydroxyl groups is 1. The second kappa shape index (κ2) is 3.59. The van der Waals surface area contributed by atoms with Gasteiger partial charge in [-0.3, -0.25) is 0 Å². The highest BCUT2D eigenvalue weighted by molar-refractivity contribution is 7.20. The molecular formula is C11H12O2S. The molecule has 0 aliphatic rings. The molecule has 1 heterocycles. The van der Waals surface area contributed by atoms with Crippen LogP contribution in [0.5, 0.6) is 5.06 Å².